The average molecular weight is 286 g/mol. The van der Waals surface area contributed by atoms with Gasteiger partial charge in [-0.2, -0.15) is 0 Å². The molecule has 0 amide bonds. The summed E-state index contributed by atoms with van der Waals surface area (Å²) >= 11 is 6.17. The molecular formula is C15H24ClNO2. The zero-order chi connectivity index (χ0) is 14.5. The molecule has 4 heteroatoms. The molecule has 1 N–H and O–H groups in total. The number of nitrogens with zero attached hydrogens (tertiary/aromatic N) is 1. The molecule has 1 aromatic carbocycles. The summed E-state index contributed by atoms with van der Waals surface area (Å²) in [7, 11) is 0. The fraction of sp³-hybridized carbons (Fsp3) is 0.600. The molecule has 0 atom stereocenters. The molecule has 108 valence electrons. The van der Waals surface area contributed by atoms with E-state index >= 15 is 0 Å². The van der Waals surface area contributed by atoms with Crippen molar-refractivity contribution in [3.63, 3.8) is 0 Å². The first-order valence-electron chi connectivity index (χ1n) is 6.73. The van der Waals surface area contributed by atoms with Crippen LogP contribution in [0.25, 0.3) is 0 Å². The Bertz CT molecular complexity index is 403. The minimum atomic E-state index is -0.360. The third-order valence-corrected chi connectivity index (χ3v) is 3.39. The molecule has 0 aliphatic carbocycles. The zero-order valence-electron chi connectivity index (χ0n) is 12.2. The normalized spacial score (nSPS) is 11.9. The van der Waals surface area contributed by atoms with E-state index in [0.717, 1.165) is 25.2 Å². The highest BCUT2D eigenvalue weighted by Crippen LogP contribution is 2.32. The van der Waals surface area contributed by atoms with E-state index in [0.29, 0.717) is 10.8 Å². The highest BCUT2D eigenvalue weighted by atomic mass is 35.5. The molecule has 0 heterocycles. The number of para-hydroxylation sites is 1. The fourth-order valence-corrected chi connectivity index (χ4v) is 2.32. The quantitative estimate of drug-likeness (QED) is 0.834. The number of hydrogen-bond donors (Lipinski definition) is 1. The molecule has 3 nitrogen and oxygen atoms in total. The number of halogens is 1. The number of likely N-dealkylation sites (N-methyl/N-ethyl adjacent to an activating group) is 1. The van der Waals surface area contributed by atoms with Crippen molar-refractivity contribution in [1.82, 2.24) is 4.90 Å². The first kappa shape index (κ1) is 16.3. The van der Waals surface area contributed by atoms with Crippen LogP contribution in [0.3, 0.4) is 0 Å². The van der Waals surface area contributed by atoms with Crippen molar-refractivity contribution in [3.8, 4) is 5.75 Å². The Labute approximate surface area is 121 Å². The van der Waals surface area contributed by atoms with Gasteiger partial charge in [-0.25, -0.2) is 0 Å². The molecule has 0 saturated carbocycles. The molecule has 0 fully saturated rings. The van der Waals surface area contributed by atoms with Crippen LogP contribution in [0.15, 0.2) is 18.2 Å². The van der Waals surface area contributed by atoms with Crippen LogP contribution < -0.4 is 4.74 Å². The van der Waals surface area contributed by atoms with Gasteiger partial charge in [0.2, 0.25) is 0 Å². The molecule has 0 aliphatic rings. The standard InChI is InChI=1S/C15H24ClNO2/c1-5-17(6-2)11-15(3,4)19-14-12(10-18)8-7-9-13(14)16/h7-9,18H,5-6,10-11H2,1-4H3. The molecule has 0 aliphatic heterocycles. The van der Waals surface area contributed by atoms with Crippen LogP contribution in [0.5, 0.6) is 5.75 Å². The first-order chi connectivity index (χ1) is 8.93. The number of rotatable bonds is 7. The van der Waals surface area contributed by atoms with E-state index in [4.69, 9.17) is 16.3 Å². The Morgan fingerprint density at radius 2 is 1.89 bits per heavy atom. The molecule has 1 aromatic rings. The summed E-state index contributed by atoms with van der Waals surface area (Å²) in [5, 5.41) is 9.91. The summed E-state index contributed by atoms with van der Waals surface area (Å²) in [6, 6.07) is 5.43. The smallest absolute Gasteiger partial charge is 0.144 e. The number of aliphatic hydroxyl groups excluding tert-OH is 1. The van der Waals surface area contributed by atoms with Crippen molar-refractivity contribution in [1.29, 1.82) is 0 Å². The van der Waals surface area contributed by atoms with Gasteiger partial charge in [0.25, 0.3) is 0 Å². The Hall–Kier alpha value is -0.770. The molecule has 0 radical (unpaired) electrons. The van der Waals surface area contributed by atoms with Crippen LogP contribution >= 0.6 is 11.6 Å². The summed E-state index contributed by atoms with van der Waals surface area (Å²) in [5.41, 5.74) is 0.362. The molecular weight excluding hydrogens is 262 g/mol. The second-order valence-corrected chi connectivity index (χ2v) is 5.62. The minimum absolute atomic E-state index is 0.0722. The Morgan fingerprint density at radius 1 is 1.26 bits per heavy atom. The van der Waals surface area contributed by atoms with Crippen molar-refractivity contribution >= 4 is 11.6 Å². The van der Waals surface area contributed by atoms with Crippen LogP contribution in [0.1, 0.15) is 33.3 Å². The molecule has 1 rings (SSSR count). The van der Waals surface area contributed by atoms with Crippen LogP contribution in [0, 0.1) is 0 Å². The lowest BCUT2D eigenvalue weighted by Crippen LogP contribution is -2.43. The molecule has 19 heavy (non-hydrogen) atoms. The first-order valence-corrected chi connectivity index (χ1v) is 7.11. The van der Waals surface area contributed by atoms with E-state index in [2.05, 4.69) is 18.7 Å². The third-order valence-electron chi connectivity index (χ3n) is 3.10. The van der Waals surface area contributed by atoms with Gasteiger partial charge in [0.15, 0.2) is 0 Å². The summed E-state index contributed by atoms with van der Waals surface area (Å²) < 4.78 is 6.06. The van der Waals surface area contributed by atoms with Gasteiger partial charge in [0.05, 0.1) is 11.6 Å². The maximum absolute atomic E-state index is 9.36. The SMILES string of the molecule is CCN(CC)CC(C)(C)Oc1c(Cl)cccc1CO. The third kappa shape index (κ3) is 4.68. The lowest BCUT2D eigenvalue weighted by atomic mass is 10.1. The van der Waals surface area contributed by atoms with Crippen molar-refractivity contribution in [3.05, 3.63) is 28.8 Å². The van der Waals surface area contributed by atoms with Crippen molar-refractivity contribution in [2.75, 3.05) is 19.6 Å². The largest absolute Gasteiger partial charge is 0.485 e. The zero-order valence-corrected chi connectivity index (χ0v) is 13.0. The topological polar surface area (TPSA) is 32.7 Å². The maximum Gasteiger partial charge on any atom is 0.144 e. The Morgan fingerprint density at radius 3 is 2.42 bits per heavy atom. The highest BCUT2D eigenvalue weighted by Gasteiger charge is 2.24. The van der Waals surface area contributed by atoms with Crippen molar-refractivity contribution in [2.45, 2.75) is 39.9 Å². The fourth-order valence-electron chi connectivity index (χ4n) is 2.09. The van der Waals surface area contributed by atoms with Gasteiger partial charge in [0.1, 0.15) is 11.4 Å². The van der Waals surface area contributed by atoms with Gasteiger partial charge < -0.3 is 9.84 Å². The van der Waals surface area contributed by atoms with E-state index < -0.39 is 0 Å². The van der Waals surface area contributed by atoms with Gasteiger partial charge in [-0.1, -0.05) is 37.6 Å². The lowest BCUT2D eigenvalue weighted by molar-refractivity contribution is 0.0612. The Balaban J connectivity index is 2.88. The van der Waals surface area contributed by atoms with E-state index in [1.165, 1.54) is 0 Å². The van der Waals surface area contributed by atoms with E-state index in [1.807, 2.05) is 26.0 Å². The monoisotopic (exact) mass is 285 g/mol. The van der Waals surface area contributed by atoms with Gasteiger partial charge in [-0.15, -0.1) is 0 Å². The molecule has 0 spiro atoms. The molecule has 0 aromatic heterocycles. The Kier molecular flexibility index (Phi) is 6.11. The number of hydrogen-bond acceptors (Lipinski definition) is 3. The van der Waals surface area contributed by atoms with E-state index in [1.54, 1.807) is 6.07 Å². The summed E-state index contributed by atoms with van der Waals surface area (Å²) in [6.45, 7) is 11.1. The number of aliphatic hydroxyl groups is 1. The second kappa shape index (κ2) is 7.13. The lowest BCUT2D eigenvalue weighted by Gasteiger charge is -2.33. The van der Waals surface area contributed by atoms with E-state index in [-0.39, 0.29) is 12.2 Å². The molecule has 0 unspecified atom stereocenters. The predicted octanol–water partition coefficient (Wildman–Crippen LogP) is 3.33. The predicted molar refractivity (Wildman–Crippen MR) is 79.9 cm³/mol. The summed E-state index contributed by atoms with van der Waals surface area (Å²) in [4.78, 5) is 2.30. The molecule has 0 bridgehead atoms. The van der Waals surface area contributed by atoms with Gasteiger partial charge >= 0.3 is 0 Å². The maximum atomic E-state index is 9.36. The summed E-state index contributed by atoms with van der Waals surface area (Å²) in [6.07, 6.45) is 0. The van der Waals surface area contributed by atoms with Crippen LogP contribution in [0.4, 0.5) is 0 Å². The van der Waals surface area contributed by atoms with Crippen molar-refractivity contribution < 1.29 is 9.84 Å². The van der Waals surface area contributed by atoms with Crippen LogP contribution in [0.2, 0.25) is 5.02 Å². The number of ether oxygens (including phenoxy) is 1. The van der Waals surface area contributed by atoms with E-state index in [9.17, 15) is 5.11 Å². The summed E-state index contributed by atoms with van der Waals surface area (Å²) in [5.74, 6) is 0.587. The van der Waals surface area contributed by atoms with Gasteiger partial charge in [-0.3, -0.25) is 4.90 Å². The van der Waals surface area contributed by atoms with Gasteiger partial charge in [0, 0.05) is 12.1 Å². The van der Waals surface area contributed by atoms with Crippen molar-refractivity contribution in [2.24, 2.45) is 0 Å². The number of benzene rings is 1. The van der Waals surface area contributed by atoms with Crippen LogP contribution in [-0.4, -0.2) is 35.2 Å². The molecule has 0 saturated heterocycles. The highest BCUT2D eigenvalue weighted by molar-refractivity contribution is 6.32. The average Bonchev–Trinajstić information content (AvgIpc) is 2.38. The minimum Gasteiger partial charge on any atom is -0.485 e. The van der Waals surface area contributed by atoms with Crippen LogP contribution in [-0.2, 0) is 6.61 Å². The second-order valence-electron chi connectivity index (χ2n) is 5.21. The van der Waals surface area contributed by atoms with Gasteiger partial charge in [-0.05, 0) is 33.0 Å².